The summed E-state index contributed by atoms with van der Waals surface area (Å²) in [5.41, 5.74) is 1.31. The highest BCUT2D eigenvalue weighted by molar-refractivity contribution is 5.87. The van der Waals surface area contributed by atoms with Gasteiger partial charge in [-0.2, -0.15) is 0 Å². The number of benzene rings is 1. The number of rotatable bonds is 6. The van der Waals surface area contributed by atoms with Crippen LogP contribution in [0.15, 0.2) is 43.0 Å². The lowest BCUT2D eigenvalue weighted by molar-refractivity contribution is -0.904. The summed E-state index contributed by atoms with van der Waals surface area (Å²) in [7, 11) is 4.34. The molecule has 0 spiro atoms. The van der Waals surface area contributed by atoms with Gasteiger partial charge in [0.1, 0.15) is 6.54 Å². The predicted octanol–water partition coefficient (Wildman–Crippen LogP) is 1.95. The van der Waals surface area contributed by atoms with E-state index >= 15 is 0 Å². The summed E-state index contributed by atoms with van der Waals surface area (Å²) in [6, 6.07) is 10.5. The van der Waals surface area contributed by atoms with E-state index in [-0.39, 0.29) is 11.9 Å². The number of amides is 1. The van der Waals surface area contributed by atoms with Crippen molar-refractivity contribution in [2.24, 2.45) is 0 Å². The first-order chi connectivity index (χ1) is 8.43. The Morgan fingerprint density at radius 2 is 2.00 bits per heavy atom. The van der Waals surface area contributed by atoms with Crippen LogP contribution >= 0.6 is 0 Å². The van der Waals surface area contributed by atoms with Crippen LogP contribution < -0.4 is 5.32 Å². The number of hydrogen-bond acceptors (Lipinski definition) is 1. The van der Waals surface area contributed by atoms with Gasteiger partial charge >= 0.3 is 0 Å². The van der Waals surface area contributed by atoms with Gasteiger partial charge in [0.2, 0.25) is 5.91 Å². The van der Waals surface area contributed by atoms with Gasteiger partial charge in [0, 0.05) is 5.56 Å². The molecule has 1 unspecified atom stereocenters. The van der Waals surface area contributed by atoms with Crippen LogP contribution in [0, 0.1) is 0 Å². The molecule has 0 bridgehead atoms. The topological polar surface area (TPSA) is 29.1 Å². The van der Waals surface area contributed by atoms with Crippen molar-refractivity contribution in [1.82, 2.24) is 5.32 Å². The van der Waals surface area contributed by atoms with Crippen molar-refractivity contribution < 1.29 is 9.28 Å². The summed E-state index contributed by atoms with van der Waals surface area (Å²) in [5.74, 6) is -0.109. The molecule has 0 aliphatic rings. The molecule has 0 aromatic heterocycles. The number of likely N-dealkylation sites (N-methyl/N-ethyl adjacent to an activating group) is 1. The monoisotopic (exact) mass is 247 g/mol. The molecular weight excluding hydrogens is 224 g/mol. The molecule has 0 saturated carbocycles. The van der Waals surface area contributed by atoms with E-state index in [9.17, 15) is 4.79 Å². The van der Waals surface area contributed by atoms with Gasteiger partial charge in [0.05, 0.1) is 26.7 Å². The zero-order valence-electron chi connectivity index (χ0n) is 11.5. The van der Waals surface area contributed by atoms with E-state index in [2.05, 4.69) is 50.3 Å². The maximum absolute atomic E-state index is 11.2. The third kappa shape index (κ3) is 5.15. The second kappa shape index (κ2) is 6.36. The Labute approximate surface area is 110 Å². The largest absolute Gasteiger partial charge is 0.344 e. The second-order valence-electron chi connectivity index (χ2n) is 5.38. The van der Waals surface area contributed by atoms with Crippen molar-refractivity contribution in [3.05, 3.63) is 48.6 Å². The number of quaternary nitrogens is 1. The number of carbonyl (C=O) groups excluding carboxylic acids is 1. The second-order valence-corrected chi connectivity index (χ2v) is 5.38. The van der Waals surface area contributed by atoms with Gasteiger partial charge in [-0.15, -0.1) is 0 Å². The zero-order valence-corrected chi connectivity index (χ0v) is 11.5. The molecule has 1 rings (SSSR count). The average Bonchev–Trinajstić information content (AvgIpc) is 2.28. The molecule has 0 heterocycles. The fraction of sp³-hybridized carbons (Fsp3) is 0.400. The first kappa shape index (κ1) is 14.5. The van der Waals surface area contributed by atoms with Crippen molar-refractivity contribution in [3.63, 3.8) is 0 Å². The summed E-state index contributed by atoms with van der Waals surface area (Å²) < 4.78 is 0.836. The molecule has 1 amide bonds. The van der Waals surface area contributed by atoms with Gasteiger partial charge in [0.25, 0.3) is 0 Å². The van der Waals surface area contributed by atoms with E-state index < -0.39 is 0 Å². The summed E-state index contributed by atoms with van der Waals surface area (Å²) >= 11 is 0. The Morgan fingerprint density at radius 1 is 1.39 bits per heavy atom. The molecular formula is C15H23N2O+. The molecule has 3 nitrogen and oxygen atoms in total. The predicted molar refractivity (Wildman–Crippen MR) is 74.9 cm³/mol. The van der Waals surface area contributed by atoms with E-state index in [1.54, 1.807) is 0 Å². The highest BCUT2D eigenvalue weighted by atomic mass is 16.1. The van der Waals surface area contributed by atoms with E-state index in [1.807, 2.05) is 13.0 Å². The standard InChI is InChI=1S/C15H22N2O/c1-5-15(18)16-13(2)11-17(3,4)12-14-9-7-6-8-10-14/h5-10,13H,1,11-12H2,2-4H3/p+1. The molecule has 1 N–H and O–H groups in total. The van der Waals surface area contributed by atoms with E-state index in [1.165, 1.54) is 11.6 Å². The van der Waals surface area contributed by atoms with Crippen molar-refractivity contribution in [2.45, 2.75) is 19.5 Å². The molecule has 1 aromatic rings. The minimum atomic E-state index is -0.109. The van der Waals surface area contributed by atoms with Crippen molar-refractivity contribution in [2.75, 3.05) is 20.6 Å². The van der Waals surface area contributed by atoms with Gasteiger partial charge in [-0.25, -0.2) is 0 Å². The van der Waals surface area contributed by atoms with Crippen LogP contribution in [0.2, 0.25) is 0 Å². The van der Waals surface area contributed by atoms with Gasteiger partial charge in [-0.3, -0.25) is 4.79 Å². The quantitative estimate of drug-likeness (QED) is 0.604. The molecule has 1 aromatic carbocycles. The summed E-state index contributed by atoms with van der Waals surface area (Å²) in [5, 5.41) is 2.90. The average molecular weight is 247 g/mol. The van der Waals surface area contributed by atoms with Crippen LogP contribution in [0.5, 0.6) is 0 Å². The molecule has 3 heteroatoms. The normalized spacial score (nSPS) is 12.8. The number of hydrogen-bond donors (Lipinski definition) is 1. The van der Waals surface area contributed by atoms with Gasteiger partial charge in [0.15, 0.2) is 0 Å². The number of nitrogens with one attached hydrogen (secondary N) is 1. The van der Waals surface area contributed by atoms with Crippen LogP contribution in [0.3, 0.4) is 0 Å². The highest BCUT2D eigenvalue weighted by Gasteiger charge is 2.20. The maximum Gasteiger partial charge on any atom is 0.243 e. The van der Waals surface area contributed by atoms with E-state index in [0.29, 0.717) is 0 Å². The fourth-order valence-electron chi connectivity index (χ4n) is 2.23. The van der Waals surface area contributed by atoms with Crippen LogP contribution in [-0.4, -0.2) is 37.1 Å². The van der Waals surface area contributed by atoms with Crippen LogP contribution in [-0.2, 0) is 11.3 Å². The molecule has 0 fully saturated rings. The summed E-state index contributed by atoms with van der Waals surface area (Å²) in [6.45, 7) is 7.32. The minimum Gasteiger partial charge on any atom is -0.344 e. The lowest BCUT2D eigenvalue weighted by Crippen LogP contribution is -2.49. The van der Waals surface area contributed by atoms with Crippen molar-refractivity contribution in [1.29, 1.82) is 0 Å². The van der Waals surface area contributed by atoms with Crippen molar-refractivity contribution >= 4 is 5.91 Å². The van der Waals surface area contributed by atoms with E-state index in [0.717, 1.165) is 17.6 Å². The molecule has 0 saturated heterocycles. The molecule has 18 heavy (non-hydrogen) atoms. The lowest BCUT2D eigenvalue weighted by atomic mass is 10.2. The number of nitrogens with zero attached hydrogens (tertiary/aromatic N) is 1. The summed E-state index contributed by atoms with van der Waals surface area (Å²) in [6.07, 6.45) is 1.31. The Balaban J connectivity index is 2.53. The first-order valence-electron chi connectivity index (χ1n) is 6.22. The molecule has 98 valence electrons. The highest BCUT2D eigenvalue weighted by Crippen LogP contribution is 2.09. The fourth-order valence-corrected chi connectivity index (χ4v) is 2.23. The van der Waals surface area contributed by atoms with Crippen molar-refractivity contribution in [3.8, 4) is 0 Å². The molecule has 1 atom stereocenters. The maximum atomic E-state index is 11.2. The summed E-state index contributed by atoms with van der Waals surface area (Å²) in [4.78, 5) is 11.2. The van der Waals surface area contributed by atoms with E-state index in [4.69, 9.17) is 0 Å². The van der Waals surface area contributed by atoms with Gasteiger partial charge in [-0.1, -0.05) is 36.9 Å². The van der Waals surface area contributed by atoms with Crippen LogP contribution in [0.1, 0.15) is 12.5 Å². The third-order valence-corrected chi connectivity index (χ3v) is 2.80. The first-order valence-corrected chi connectivity index (χ1v) is 6.22. The smallest absolute Gasteiger partial charge is 0.243 e. The Kier molecular flexibility index (Phi) is 5.10. The Morgan fingerprint density at radius 3 is 2.56 bits per heavy atom. The molecule has 0 aliphatic carbocycles. The van der Waals surface area contributed by atoms with Crippen LogP contribution in [0.25, 0.3) is 0 Å². The SMILES string of the molecule is C=CC(=O)NC(C)C[N+](C)(C)Cc1ccccc1. The lowest BCUT2D eigenvalue weighted by Gasteiger charge is -2.32. The molecule has 0 aliphatic heterocycles. The number of carbonyl (C=O) groups is 1. The third-order valence-electron chi connectivity index (χ3n) is 2.80. The Hall–Kier alpha value is -1.61. The van der Waals surface area contributed by atoms with Gasteiger partial charge < -0.3 is 9.80 Å². The molecule has 0 radical (unpaired) electrons. The minimum absolute atomic E-state index is 0.109. The Bertz CT molecular complexity index is 398. The zero-order chi connectivity index (χ0) is 13.6. The van der Waals surface area contributed by atoms with Gasteiger partial charge in [-0.05, 0) is 13.0 Å². The van der Waals surface area contributed by atoms with Crippen LogP contribution in [0.4, 0.5) is 0 Å².